The molecule has 0 unspecified atom stereocenters. The SMILES string of the molecule is CCOc1ccc(N)c([N+](=O)[O-])c1.COc1cc(Cl)c(C)cc1N. The van der Waals surface area contributed by atoms with Gasteiger partial charge in [-0.2, -0.15) is 0 Å². The molecule has 0 bridgehead atoms. The van der Waals surface area contributed by atoms with Crippen molar-refractivity contribution in [3.05, 3.63) is 51.0 Å². The Bertz CT molecular complexity index is 723. The minimum Gasteiger partial charge on any atom is -0.495 e. The summed E-state index contributed by atoms with van der Waals surface area (Å²) in [6, 6.07) is 7.89. The molecule has 0 amide bonds. The molecular weight excluding hydrogens is 334 g/mol. The number of nitrogen functional groups attached to an aromatic ring is 2. The molecule has 0 atom stereocenters. The first-order chi connectivity index (χ1) is 11.3. The summed E-state index contributed by atoms with van der Waals surface area (Å²) in [5, 5.41) is 11.1. The Kier molecular flexibility index (Phi) is 7.13. The van der Waals surface area contributed by atoms with E-state index in [1.165, 1.54) is 12.1 Å². The largest absolute Gasteiger partial charge is 0.495 e. The topological polar surface area (TPSA) is 114 Å². The van der Waals surface area contributed by atoms with Crippen LogP contribution in [0.1, 0.15) is 12.5 Å². The van der Waals surface area contributed by atoms with Crippen LogP contribution in [0.3, 0.4) is 0 Å². The van der Waals surface area contributed by atoms with E-state index in [2.05, 4.69) is 0 Å². The number of nitro groups is 1. The number of halogens is 1. The number of ether oxygens (including phenoxy) is 2. The Morgan fingerprint density at radius 3 is 2.42 bits per heavy atom. The lowest BCUT2D eigenvalue weighted by Gasteiger charge is -2.05. The van der Waals surface area contributed by atoms with Crippen LogP contribution in [0, 0.1) is 17.0 Å². The maximum absolute atomic E-state index is 10.4. The standard InChI is InChI=1S/C8H10ClNO.C8H10N2O3/c1-5-3-7(10)8(11-2)4-6(5)9;1-2-13-6-3-4-7(9)8(5-6)10(11)12/h3-4H,10H2,1-2H3;3-5H,2,9H2,1H3. The molecule has 7 nitrogen and oxygen atoms in total. The lowest BCUT2D eigenvalue weighted by molar-refractivity contribution is -0.384. The van der Waals surface area contributed by atoms with Gasteiger partial charge in [-0.05, 0) is 37.6 Å². The highest BCUT2D eigenvalue weighted by molar-refractivity contribution is 6.31. The lowest BCUT2D eigenvalue weighted by Crippen LogP contribution is -1.97. The molecule has 4 N–H and O–H groups in total. The molecule has 0 saturated carbocycles. The van der Waals surface area contributed by atoms with Gasteiger partial charge in [0.15, 0.2) is 0 Å². The van der Waals surface area contributed by atoms with Crippen LogP contribution in [0.25, 0.3) is 0 Å². The average molecular weight is 354 g/mol. The van der Waals surface area contributed by atoms with E-state index in [1.807, 2.05) is 13.8 Å². The second kappa shape index (κ2) is 8.83. The average Bonchev–Trinajstić information content (AvgIpc) is 2.53. The van der Waals surface area contributed by atoms with Gasteiger partial charge in [0.1, 0.15) is 17.2 Å². The summed E-state index contributed by atoms with van der Waals surface area (Å²) in [6.07, 6.45) is 0. The first kappa shape index (κ1) is 19.4. The summed E-state index contributed by atoms with van der Waals surface area (Å²) in [5.74, 6) is 1.09. The first-order valence-electron chi connectivity index (χ1n) is 7.06. The maximum Gasteiger partial charge on any atom is 0.295 e. The predicted molar refractivity (Wildman–Crippen MR) is 95.8 cm³/mol. The van der Waals surface area contributed by atoms with Gasteiger partial charge in [-0.15, -0.1) is 0 Å². The molecule has 0 heterocycles. The third-order valence-corrected chi connectivity index (χ3v) is 3.43. The Morgan fingerprint density at radius 2 is 1.88 bits per heavy atom. The quantitative estimate of drug-likeness (QED) is 0.490. The summed E-state index contributed by atoms with van der Waals surface area (Å²) < 4.78 is 10.1. The molecular formula is C16H20ClN3O4. The Labute approximate surface area is 145 Å². The van der Waals surface area contributed by atoms with Crippen molar-refractivity contribution in [2.24, 2.45) is 0 Å². The van der Waals surface area contributed by atoms with E-state index in [9.17, 15) is 10.1 Å². The molecule has 0 saturated heterocycles. The third-order valence-electron chi connectivity index (χ3n) is 3.02. The number of aryl methyl sites for hydroxylation is 1. The maximum atomic E-state index is 10.4. The van der Waals surface area contributed by atoms with Crippen molar-refractivity contribution in [1.82, 2.24) is 0 Å². The highest BCUT2D eigenvalue weighted by Gasteiger charge is 2.11. The highest BCUT2D eigenvalue weighted by Crippen LogP contribution is 2.28. The number of nitrogens with zero attached hydrogens (tertiary/aromatic N) is 1. The van der Waals surface area contributed by atoms with Gasteiger partial charge in [-0.1, -0.05) is 11.6 Å². The summed E-state index contributed by atoms with van der Waals surface area (Å²) in [5.41, 5.74) is 12.6. The van der Waals surface area contributed by atoms with Crippen molar-refractivity contribution >= 4 is 28.7 Å². The zero-order valence-corrected chi connectivity index (χ0v) is 14.5. The van der Waals surface area contributed by atoms with Crippen LogP contribution in [0.4, 0.5) is 17.1 Å². The number of hydrogen-bond acceptors (Lipinski definition) is 6. The highest BCUT2D eigenvalue weighted by atomic mass is 35.5. The second-order valence-electron chi connectivity index (χ2n) is 4.75. The van der Waals surface area contributed by atoms with Gasteiger partial charge >= 0.3 is 0 Å². The van der Waals surface area contributed by atoms with Crippen LogP contribution in [-0.4, -0.2) is 18.6 Å². The number of nitro benzene ring substituents is 1. The molecule has 0 aromatic heterocycles. The van der Waals surface area contributed by atoms with E-state index >= 15 is 0 Å². The summed E-state index contributed by atoms with van der Waals surface area (Å²) >= 11 is 5.83. The molecule has 0 spiro atoms. The monoisotopic (exact) mass is 353 g/mol. The van der Waals surface area contributed by atoms with Crippen molar-refractivity contribution < 1.29 is 14.4 Å². The van der Waals surface area contributed by atoms with Crippen LogP contribution in [0.2, 0.25) is 5.02 Å². The number of hydrogen-bond donors (Lipinski definition) is 2. The fourth-order valence-corrected chi connectivity index (χ4v) is 1.95. The van der Waals surface area contributed by atoms with Crippen molar-refractivity contribution in [3.63, 3.8) is 0 Å². The number of nitrogens with two attached hydrogens (primary N) is 2. The van der Waals surface area contributed by atoms with Gasteiger partial charge in [0.2, 0.25) is 0 Å². The van der Waals surface area contributed by atoms with Gasteiger partial charge in [-0.25, -0.2) is 0 Å². The second-order valence-corrected chi connectivity index (χ2v) is 5.16. The molecule has 2 aromatic rings. The van der Waals surface area contributed by atoms with Crippen LogP contribution in [0.15, 0.2) is 30.3 Å². The van der Waals surface area contributed by atoms with Crippen molar-refractivity contribution in [2.45, 2.75) is 13.8 Å². The summed E-state index contributed by atoms with van der Waals surface area (Å²) in [6.45, 7) is 4.18. The van der Waals surface area contributed by atoms with E-state index in [-0.39, 0.29) is 11.4 Å². The number of anilines is 2. The summed E-state index contributed by atoms with van der Waals surface area (Å²) in [7, 11) is 1.57. The van der Waals surface area contributed by atoms with Gasteiger partial charge in [-0.3, -0.25) is 10.1 Å². The number of methoxy groups -OCH3 is 1. The minimum atomic E-state index is -0.530. The van der Waals surface area contributed by atoms with E-state index in [1.54, 1.807) is 25.3 Å². The molecule has 0 aliphatic rings. The Morgan fingerprint density at radius 1 is 1.21 bits per heavy atom. The molecule has 24 heavy (non-hydrogen) atoms. The van der Waals surface area contributed by atoms with Crippen molar-refractivity contribution in [2.75, 3.05) is 25.2 Å². The zero-order chi connectivity index (χ0) is 18.3. The molecule has 2 aromatic carbocycles. The molecule has 0 aliphatic carbocycles. The molecule has 0 aliphatic heterocycles. The normalized spacial score (nSPS) is 9.67. The molecule has 8 heteroatoms. The fraction of sp³-hybridized carbons (Fsp3) is 0.250. The van der Waals surface area contributed by atoms with Gasteiger partial charge in [0.25, 0.3) is 5.69 Å². The molecule has 0 fully saturated rings. The van der Waals surface area contributed by atoms with Crippen molar-refractivity contribution in [1.29, 1.82) is 0 Å². The van der Waals surface area contributed by atoms with Crippen LogP contribution < -0.4 is 20.9 Å². The Balaban J connectivity index is 0.000000243. The predicted octanol–water partition coefficient (Wildman–Crippen LogP) is 3.81. The van der Waals surface area contributed by atoms with Gasteiger partial charge in [0, 0.05) is 11.1 Å². The van der Waals surface area contributed by atoms with Gasteiger partial charge < -0.3 is 20.9 Å². The smallest absolute Gasteiger partial charge is 0.295 e. The molecule has 130 valence electrons. The van der Waals surface area contributed by atoms with E-state index < -0.39 is 4.92 Å². The Hall–Kier alpha value is -2.67. The van der Waals surface area contributed by atoms with Crippen LogP contribution >= 0.6 is 11.6 Å². The first-order valence-corrected chi connectivity index (χ1v) is 7.44. The molecule has 2 rings (SSSR count). The third kappa shape index (κ3) is 5.20. The van der Waals surface area contributed by atoms with Crippen LogP contribution in [-0.2, 0) is 0 Å². The molecule has 0 radical (unpaired) electrons. The lowest BCUT2D eigenvalue weighted by atomic mass is 10.2. The minimum absolute atomic E-state index is 0.119. The fourth-order valence-electron chi connectivity index (χ4n) is 1.80. The van der Waals surface area contributed by atoms with Gasteiger partial charge in [0.05, 0.1) is 30.4 Å². The number of rotatable bonds is 4. The van der Waals surface area contributed by atoms with Crippen LogP contribution in [0.5, 0.6) is 11.5 Å². The number of benzene rings is 2. The van der Waals surface area contributed by atoms with E-state index in [0.29, 0.717) is 28.8 Å². The van der Waals surface area contributed by atoms with E-state index in [0.717, 1.165) is 5.56 Å². The summed E-state index contributed by atoms with van der Waals surface area (Å²) in [4.78, 5) is 9.92. The van der Waals surface area contributed by atoms with Crippen molar-refractivity contribution in [3.8, 4) is 11.5 Å². The zero-order valence-electron chi connectivity index (χ0n) is 13.7. The van der Waals surface area contributed by atoms with E-state index in [4.69, 9.17) is 32.5 Å².